The van der Waals surface area contributed by atoms with Gasteiger partial charge in [0.15, 0.2) is 5.96 Å². The van der Waals surface area contributed by atoms with Gasteiger partial charge in [-0.2, -0.15) is 0 Å². The Balaban J connectivity index is 3.23. The molecule has 0 fully saturated rings. The summed E-state index contributed by atoms with van der Waals surface area (Å²) in [5.41, 5.74) is 22.7. The third-order valence-corrected chi connectivity index (χ3v) is 7.18. The van der Waals surface area contributed by atoms with Gasteiger partial charge in [0.25, 0.3) is 0 Å². The smallest absolute Gasteiger partial charge is 0.245 e. The van der Waals surface area contributed by atoms with E-state index >= 15 is 0 Å². The van der Waals surface area contributed by atoms with Crippen molar-refractivity contribution in [2.45, 2.75) is 90.0 Å². The molecular weight excluding hydrogens is 594 g/mol. The summed E-state index contributed by atoms with van der Waals surface area (Å²) < 4.78 is 0. The second-order valence-corrected chi connectivity index (χ2v) is 12.2. The fourth-order valence-corrected chi connectivity index (χ4v) is 4.78. The highest BCUT2D eigenvalue weighted by Crippen LogP contribution is 2.14. The van der Waals surface area contributed by atoms with Crippen LogP contribution in [0.5, 0.6) is 0 Å². The molecule has 5 amide bonds. The number of carbonyl (C=O) groups is 5. The minimum atomic E-state index is -1.24. The molecule has 15 nitrogen and oxygen atoms in total. The fraction of sp³-hybridized carbons (Fsp3) is 0.613. The maximum absolute atomic E-state index is 13.7. The number of nitrogens with two attached hydrogens (primary N) is 4. The first-order valence-electron chi connectivity index (χ1n) is 15.5. The predicted octanol–water partition coefficient (Wildman–Crippen LogP) is -1.54. The van der Waals surface area contributed by atoms with Crippen molar-refractivity contribution in [3.8, 4) is 0 Å². The average Bonchev–Trinajstić information content (AvgIpc) is 2.98. The zero-order valence-electron chi connectivity index (χ0n) is 27.6. The lowest BCUT2D eigenvalue weighted by molar-refractivity contribution is -0.142. The highest BCUT2D eigenvalue weighted by atomic mass is 16.3. The van der Waals surface area contributed by atoms with Gasteiger partial charge in [-0.05, 0) is 43.1 Å². The molecular formula is C31H53N9O6. The van der Waals surface area contributed by atoms with Crippen molar-refractivity contribution in [3.05, 3.63) is 35.9 Å². The normalized spacial score (nSPS) is 14.4. The van der Waals surface area contributed by atoms with E-state index in [9.17, 15) is 29.1 Å². The Labute approximate surface area is 271 Å². The molecule has 258 valence electrons. The van der Waals surface area contributed by atoms with Gasteiger partial charge in [-0.3, -0.25) is 29.0 Å². The van der Waals surface area contributed by atoms with Crippen LogP contribution in [-0.4, -0.2) is 95.9 Å². The van der Waals surface area contributed by atoms with E-state index in [4.69, 9.17) is 22.9 Å². The van der Waals surface area contributed by atoms with Crippen molar-refractivity contribution >= 4 is 35.5 Å². The van der Waals surface area contributed by atoms with Crippen molar-refractivity contribution in [3.63, 3.8) is 0 Å². The summed E-state index contributed by atoms with van der Waals surface area (Å²) in [5.74, 6) is -3.34. The van der Waals surface area contributed by atoms with E-state index in [2.05, 4.69) is 20.9 Å². The zero-order chi connectivity index (χ0) is 35.0. The summed E-state index contributed by atoms with van der Waals surface area (Å²) in [5, 5.41) is 17.4. The maximum Gasteiger partial charge on any atom is 0.245 e. The lowest BCUT2D eigenvalue weighted by atomic mass is 9.98. The largest absolute Gasteiger partial charge is 0.394 e. The molecule has 0 heterocycles. The van der Waals surface area contributed by atoms with Crippen molar-refractivity contribution in [1.82, 2.24) is 20.9 Å². The Bertz CT molecular complexity index is 1170. The molecule has 46 heavy (non-hydrogen) atoms. The van der Waals surface area contributed by atoms with Gasteiger partial charge in [0.05, 0.1) is 6.61 Å². The molecule has 0 unspecified atom stereocenters. The van der Waals surface area contributed by atoms with E-state index in [1.807, 2.05) is 33.8 Å². The van der Waals surface area contributed by atoms with Crippen molar-refractivity contribution in [2.75, 3.05) is 20.2 Å². The van der Waals surface area contributed by atoms with E-state index < -0.39 is 66.4 Å². The van der Waals surface area contributed by atoms with Crippen LogP contribution in [-0.2, 0) is 30.4 Å². The van der Waals surface area contributed by atoms with Crippen molar-refractivity contribution in [2.24, 2.45) is 39.8 Å². The van der Waals surface area contributed by atoms with E-state index in [0.717, 1.165) is 5.56 Å². The molecule has 0 spiro atoms. The van der Waals surface area contributed by atoms with Crippen LogP contribution in [0.25, 0.3) is 0 Å². The van der Waals surface area contributed by atoms with Crippen molar-refractivity contribution in [1.29, 1.82) is 0 Å². The highest BCUT2D eigenvalue weighted by Gasteiger charge is 2.34. The Morgan fingerprint density at radius 1 is 0.826 bits per heavy atom. The number of amides is 5. The summed E-state index contributed by atoms with van der Waals surface area (Å²) in [7, 11) is 1.44. The first kappa shape index (κ1) is 39.8. The maximum atomic E-state index is 13.7. The standard InChI is InChI=1S/C31H53N9O6/c1-18(2)14-22(38-29(45)23(37-27(43)21(32)17-41)16-20-10-7-6-8-11-20)28(44)39-24(15-19(3)4)30(46)40(5)25(26(33)42)12-9-13-36-31(34)35/h6-8,10-11,18-19,21-25,41H,9,12-17,32H2,1-5H3,(H2,33,42)(H,37,43)(H,38,45)(H,39,44)(H4,34,35,36)/t21-,22-,23-,24-,25-/m0/s1. The number of hydrogen-bond acceptors (Lipinski definition) is 8. The molecule has 0 aliphatic rings. The lowest BCUT2D eigenvalue weighted by Gasteiger charge is -2.32. The number of guanidine groups is 1. The molecule has 1 rings (SSSR count). The van der Waals surface area contributed by atoms with Gasteiger partial charge in [0, 0.05) is 20.0 Å². The van der Waals surface area contributed by atoms with Crippen molar-refractivity contribution < 1.29 is 29.1 Å². The number of hydrogen-bond donors (Lipinski definition) is 8. The van der Waals surface area contributed by atoms with Gasteiger partial charge in [-0.15, -0.1) is 0 Å². The van der Waals surface area contributed by atoms with Crippen LogP contribution < -0.4 is 38.9 Å². The van der Waals surface area contributed by atoms with Gasteiger partial charge in [-0.25, -0.2) is 0 Å². The van der Waals surface area contributed by atoms with Crippen LogP contribution in [0.3, 0.4) is 0 Å². The molecule has 0 aromatic heterocycles. The lowest BCUT2D eigenvalue weighted by Crippen LogP contribution is -2.59. The number of aliphatic imine (C=N–C) groups is 1. The topological polar surface area (TPSA) is 261 Å². The molecule has 0 bridgehead atoms. The summed E-state index contributed by atoms with van der Waals surface area (Å²) in [6.45, 7) is 7.15. The number of benzene rings is 1. The average molecular weight is 648 g/mol. The Morgan fingerprint density at radius 2 is 1.35 bits per heavy atom. The molecule has 15 heteroatoms. The molecule has 0 saturated heterocycles. The quantitative estimate of drug-likeness (QED) is 0.0463. The number of rotatable bonds is 20. The van der Waals surface area contributed by atoms with Gasteiger partial charge >= 0.3 is 0 Å². The summed E-state index contributed by atoms with van der Waals surface area (Å²) in [4.78, 5) is 70.9. The summed E-state index contributed by atoms with van der Waals surface area (Å²) in [6, 6.07) is 3.57. The second-order valence-electron chi connectivity index (χ2n) is 12.2. The fourth-order valence-electron chi connectivity index (χ4n) is 4.78. The van der Waals surface area contributed by atoms with Crippen LogP contribution in [0.1, 0.15) is 58.9 Å². The van der Waals surface area contributed by atoms with E-state index in [-0.39, 0.29) is 50.0 Å². The molecule has 0 aliphatic heterocycles. The number of likely N-dealkylation sites (N-methyl/N-ethyl adjacent to an activating group) is 1. The first-order valence-corrected chi connectivity index (χ1v) is 15.5. The molecule has 1 aromatic rings. The number of carbonyl (C=O) groups excluding carboxylic acids is 5. The third kappa shape index (κ3) is 14.2. The number of nitrogens with zero attached hydrogens (tertiary/aromatic N) is 2. The second kappa shape index (κ2) is 20.0. The van der Waals surface area contributed by atoms with Crippen LogP contribution in [0, 0.1) is 11.8 Å². The molecule has 0 radical (unpaired) electrons. The molecule has 12 N–H and O–H groups in total. The zero-order valence-corrected chi connectivity index (χ0v) is 27.6. The summed E-state index contributed by atoms with van der Waals surface area (Å²) >= 11 is 0. The monoisotopic (exact) mass is 647 g/mol. The number of primary amides is 1. The number of aliphatic hydroxyl groups excluding tert-OH is 1. The van der Waals surface area contributed by atoms with E-state index in [1.165, 1.54) is 11.9 Å². The van der Waals surface area contributed by atoms with Crippen LogP contribution in [0.2, 0.25) is 0 Å². The Morgan fingerprint density at radius 3 is 1.87 bits per heavy atom. The molecule has 5 atom stereocenters. The Hall–Kier alpha value is -4.24. The molecule has 0 aliphatic carbocycles. The van der Waals surface area contributed by atoms with Crippen LogP contribution in [0.15, 0.2) is 35.3 Å². The van der Waals surface area contributed by atoms with Gasteiger partial charge < -0.3 is 48.9 Å². The van der Waals surface area contributed by atoms with Gasteiger partial charge in [0.2, 0.25) is 29.5 Å². The van der Waals surface area contributed by atoms with Crippen LogP contribution in [0.4, 0.5) is 0 Å². The van der Waals surface area contributed by atoms with Crippen LogP contribution >= 0.6 is 0 Å². The Kier molecular flexibility index (Phi) is 17.3. The number of nitrogens with one attached hydrogen (secondary N) is 3. The minimum Gasteiger partial charge on any atom is -0.394 e. The molecule has 0 saturated carbocycles. The summed E-state index contributed by atoms with van der Waals surface area (Å²) in [6.07, 6.45) is 1.17. The minimum absolute atomic E-state index is 0.0177. The third-order valence-electron chi connectivity index (χ3n) is 7.18. The first-order chi connectivity index (χ1) is 21.6. The predicted molar refractivity (Wildman–Crippen MR) is 176 cm³/mol. The SMILES string of the molecule is CC(C)C[C@H](NC(=O)[C@H](Cc1ccccc1)NC(=O)[C@@H](N)CO)C(=O)N[C@@H](CC(C)C)C(=O)N(C)[C@@H](CCCN=C(N)N)C(N)=O. The van der Waals surface area contributed by atoms with Gasteiger partial charge in [0.1, 0.15) is 30.2 Å². The number of aliphatic hydroxyl groups is 1. The highest BCUT2D eigenvalue weighted by molar-refractivity contribution is 5.95. The van der Waals surface area contributed by atoms with E-state index in [1.54, 1.807) is 24.3 Å². The van der Waals surface area contributed by atoms with E-state index in [0.29, 0.717) is 6.42 Å². The molecule has 1 aromatic carbocycles. The van der Waals surface area contributed by atoms with Gasteiger partial charge in [-0.1, -0.05) is 58.0 Å².